The molecule has 0 saturated carbocycles. The predicted molar refractivity (Wildman–Crippen MR) is 45.0 cm³/mol. The molecule has 0 spiro atoms. The SMILES string of the molecule is CC(C)=O.O=C(O)[C@@H]1CCCN1. The Kier molecular flexibility index (Phi) is 5.28. The van der Waals surface area contributed by atoms with E-state index in [-0.39, 0.29) is 11.8 Å². The molecule has 0 aromatic heterocycles. The summed E-state index contributed by atoms with van der Waals surface area (Å²) in [6.45, 7) is 3.91. The number of hydrogen-bond donors (Lipinski definition) is 2. The van der Waals surface area contributed by atoms with Crippen molar-refractivity contribution in [2.24, 2.45) is 0 Å². The summed E-state index contributed by atoms with van der Waals surface area (Å²) in [4.78, 5) is 19.6. The molecule has 1 heterocycles. The Hall–Kier alpha value is -0.900. The summed E-state index contributed by atoms with van der Waals surface area (Å²) in [5.74, 6) is -0.553. The second-order valence-electron chi connectivity index (χ2n) is 2.90. The second-order valence-corrected chi connectivity index (χ2v) is 2.90. The zero-order valence-electron chi connectivity index (χ0n) is 7.46. The maximum Gasteiger partial charge on any atom is 0.320 e. The van der Waals surface area contributed by atoms with Crippen LogP contribution in [-0.2, 0) is 9.59 Å². The number of nitrogens with one attached hydrogen (secondary N) is 1. The molecule has 0 unspecified atom stereocenters. The first kappa shape index (κ1) is 11.1. The van der Waals surface area contributed by atoms with Gasteiger partial charge in [-0.2, -0.15) is 0 Å². The van der Waals surface area contributed by atoms with E-state index in [1.807, 2.05) is 0 Å². The lowest BCUT2D eigenvalue weighted by Gasteiger charge is -1.99. The molecule has 1 aliphatic rings. The van der Waals surface area contributed by atoms with Crippen LogP contribution < -0.4 is 5.32 Å². The van der Waals surface area contributed by atoms with Crippen LogP contribution in [0, 0.1) is 0 Å². The van der Waals surface area contributed by atoms with Crippen LogP contribution in [0.4, 0.5) is 0 Å². The van der Waals surface area contributed by atoms with Crippen molar-refractivity contribution in [3.63, 3.8) is 0 Å². The highest BCUT2D eigenvalue weighted by atomic mass is 16.4. The Morgan fingerprint density at radius 2 is 1.92 bits per heavy atom. The van der Waals surface area contributed by atoms with Gasteiger partial charge in [-0.1, -0.05) is 0 Å². The molecule has 0 aromatic carbocycles. The standard InChI is InChI=1S/C5H9NO2.C3H6O/c7-5(8)4-2-1-3-6-4;1-3(2)4/h4,6H,1-3H2,(H,7,8);1-2H3/t4-;/m0./s1. The van der Waals surface area contributed by atoms with Gasteiger partial charge in [0.05, 0.1) is 0 Å². The smallest absolute Gasteiger partial charge is 0.320 e. The average Bonchev–Trinajstić information content (AvgIpc) is 2.34. The summed E-state index contributed by atoms with van der Waals surface area (Å²) >= 11 is 0. The van der Waals surface area contributed by atoms with Gasteiger partial charge in [0.2, 0.25) is 0 Å². The summed E-state index contributed by atoms with van der Waals surface area (Å²) in [6.07, 6.45) is 1.78. The first-order valence-electron chi connectivity index (χ1n) is 3.97. The Morgan fingerprint density at radius 1 is 1.42 bits per heavy atom. The van der Waals surface area contributed by atoms with Crippen LogP contribution in [0.2, 0.25) is 0 Å². The number of carboxylic acid groups (broad SMARTS) is 1. The molecule has 1 rings (SSSR count). The molecular weight excluding hydrogens is 158 g/mol. The number of carboxylic acids is 1. The first-order valence-corrected chi connectivity index (χ1v) is 3.97. The lowest BCUT2D eigenvalue weighted by Crippen LogP contribution is -2.29. The molecule has 0 aromatic rings. The van der Waals surface area contributed by atoms with Crippen molar-refractivity contribution in [2.75, 3.05) is 6.54 Å². The predicted octanol–water partition coefficient (Wildman–Crippen LogP) is 0.418. The van der Waals surface area contributed by atoms with Crippen LogP contribution in [0.15, 0.2) is 0 Å². The molecule has 1 saturated heterocycles. The molecule has 12 heavy (non-hydrogen) atoms. The third-order valence-electron chi connectivity index (χ3n) is 1.36. The first-order chi connectivity index (χ1) is 5.54. The Labute approximate surface area is 72.0 Å². The monoisotopic (exact) mass is 173 g/mol. The van der Waals surface area contributed by atoms with E-state index >= 15 is 0 Å². The zero-order chi connectivity index (χ0) is 9.56. The summed E-state index contributed by atoms with van der Waals surface area (Å²) in [5, 5.41) is 11.2. The summed E-state index contributed by atoms with van der Waals surface area (Å²) in [6, 6.07) is -0.269. The molecule has 1 atom stereocenters. The van der Waals surface area contributed by atoms with Gasteiger partial charge in [-0.3, -0.25) is 4.79 Å². The van der Waals surface area contributed by atoms with Crippen molar-refractivity contribution in [2.45, 2.75) is 32.7 Å². The molecular formula is C8H15NO3. The van der Waals surface area contributed by atoms with Crippen LogP contribution in [0.25, 0.3) is 0 Å². The topological polar surface area (TPSA) is 66.4 Å². The highest BCUT2D eigenvalue weighted by Gasteiger charge is 2.20. The molecule has 0 radical (unpaired) electrons. The van der Waals surface area contributed by atoms with E-state index in [1.54, 1.807) is 0 Å². The van der Waals surface area contributed by atoms with Crippen molar-refractivity contribution in [1.82, 2.24) is 5.32 Å². The second kappa shape index (κ2) is 5.71. The molecule has 2 N–H and O–H groups in total. The largest absolute Gasteiger partial charge is 0.480 e. The van der Waals surface area contributed by atoms with Gasteiger partial charge in [-0.05, 0) is 33.2 Å². The van der Waals surface area contributed by atoms with Gasteiger partial charge in [-0.25, -0.2) is 0 Å². The molecule has 1 aliphatic heterocycles. The van der Waals surface area contributed by atoms with E-state index in [4.69, 9.17) is 5.11 Å². The van der Waals surface area contributed by atoms with E-state index in [9.17, 15) is 9.59 Å². The van der Waals surface area contributed by atoms with Crippen molar-refractivity contribution in [3.05, 3.63) is 0 Å². The van der Waals surface area contributed by atoms with Crippen LogP contribution in [0.1, 0.15) is 26.7 Å². The Morgan fingerprint density at radius 3 is 2.08 bits per heavy atom. The normalized spacial score (nSPS) is 21.0. The van der Waals surface area contributed by atoms with E-state index in [0.717, 1.165) is 19.4 Å². The van der Waals surface area contributed by atoms with Crippen LogP contribution >= 0.6 is 0 Å². The van der Waals surface area contributed by atoms with E-state index < -0.39 is 5.97 Å². The van der Waals surface area contributed by atoms with Crippen LogP contribution in [0.3, 0.4) is 0 Å². The fourth-order valence-corrected chi connectivity index (χ4v) is 0.895. The van der Waals surface area contributed by atoms with Gasteiger partial charge >= 0.3 is 5.97 Å². The number of carbonyl (C=O) groups excluding carboxylic acids is 1. The summed E-state index contributed by atoms with van der Waals surface area (Å²) in [5.41, 5.74) is 0. The number of rotatable bonds is 1. The number of carbonyl (C=O) groups is 2. The third-order valence-corrected chi connectivity index (χ3v) is 1.36. The van der Waals surface area contributed by atoms with Gasteiger partial charge in [-0.15, -0.1) is 0 Å². The highest BCUT2D eigenvalue weighted by Crippen LogP contribution is 2.03. The minimum Gasteiger partial charge on any atom is -0.480 e. The molecule has 0 amide bonds. The Bertz CT molecular complexity index is 158. The van der Waals surface area contributed by atoms with Gasteiger partial charge in [0.25, 0.3) is 0 Å². The summed E-state index contributed by atoms with van der Waals surface area (Å²) < 4.78 is 0. The summed E-state index contributed by atoms with van der Waals surface area (Å²) in [7, 11) is 0. The minimum atomic E-state index is -0.720. The van der Waals surface area contributed by atoms with Crippen LogP contribution in [-0.4, -0.2) is 29.4 Å². The fraction of sp³-hybridized carbons (Fsp3) is 0.750. The number of hydrogen-bond acceptors (Lipinski definition) is 3. The molecule has 4 nitrogen and oxygen atoms in total. The molecule has 0 bridgehead atoms. The van der Waals surface area contributed by atoms with Crippen molar-refractivity contribution in [3.8, 4) is 0 Å². The van der Waals surface area contributed by atoms with Crippen molar-refractivity contribution >= 4 is 11.8 Å². The van der Waals surface area contributed by atoms with Gasteiger partial charge < -0.3 is 15.2 Å². The maximum atomic E-state index is 10.1. The molecule has 4 heteroatoms. The lowest BCUT2D eigenvalue weighted by atomic mass is 10.2. The van der Waals surface area contributed by atoms with E-state index in [0.29, 0.717) is 0 Å². The molecule has 70 valence electrons. The average molecular weight is 173 g/mol. The zero-order valence-corrected chi connectivity index (χ0v) is 7.46. The van der Waals surface area contributed by atoms with E-state index in [2.05, 4.69) is 5.32 Å². The van der Waals surface area contributed by atoms with Crippen molar-refractivity contribution < 1.29 is 14.7 Å². The third kappa shape index (κ3) is 5.85. The molecule has 1 fully saturated rings. The minimum absolute atomic E-state index is 0.167. The fourth-order valence-electron chi connectivity index (χ4n) is 0.895. The van der Waals surface area contributed by atoms with Gasteiger partial charge in [0.1, 0.15) is 11.8 Å². The van der Waals surface area contributed by atoms with Gasteiger partial charge in [0.15, 0.2) is 0 Å². The molecule has 0 aliphatic carbocycles. The Balaban J connectivity index is 0.000000261. The van der Waals surface area contributed by atoms with Crippen LogP contribution in [0.5, 0.6) is 0 Å². The highest BCUT2D eigenvalue weighted by molar-refractivity contribution is 5.73. The quantitative estimate of drug-likeness (QED) is 0.603. The lowest BCUT2D eigenvalue weighted by molar-refractivity contribution is -0.139. The number of aliphatic carboxylic acids is 1. The van der Waals surface area contributed by atoms with Crippen molar-refractivity contribution in [1.29, 1.82) is 0 Å². The maximum absolute atomic E-state index is 10.1. The van der Waals surface area contributed by atoms with E-state index in [1.165, 1.54) is 13.8 Å². The number of ketones is 1. The van der Waals surface area contributed by atoms with Gasteiger partial charge in [0, 0.05) is 0 Å². The number of Topliss-reactive ketones (excluding diaryl/α,β-unsaturated/α-hetero) is 1.